The normalized spacial score (nSPS) is 17.1. The second-order valence-electron chi connectivity index (χ2n) is 8.79. The van der Waals surface area contributed by atoms with E-state index in [4.69, 9.17) is 4.74 Å². The van der Waals surface area contributed by atoms with Crippen LogP contribution in [0.25, 0.3) is 10.9 Å². The highest BCUT2D eigenvalue weighted by molar-refractivity contribution is 5.88. The third kappa shape index (κ3) is 4.83. The summed E-state index contributed by atoms with van der Waals surface area (Å²) in [5.74, 6) is -2.74. The van der Waals surface area contributed by atoms with Crippen LogP contribution in [0.5, 0.6) is 0 Å². The number of amides is 1. The van der Waals surface area contributed by atoms with Gasteiger partial charge in [-0.15, -0.1) is 0 Å². The van der Waals surface area contributed by atoms with E-state index in [9.17, 15) is 18.4 Å². The summed E-state index contributed by atoms with van der Waals surface area (Å²) in [6.45, 7) is 4.96. The molecular weight excluding hydrogens is 438 g/mol. The Kier molecular flexibility index (Phi) is 7.29. The van der Waals surface area contributed by atoms with Gasteiger partial charge in [0.15, 0.2) is 0 Å². The number of carbonyl (C=O) groups excluding carboxylic acids is 2. The van der Waals surface area contributed by atoms with Crippen LogP contribution in [0.2, 0.25) is 0 Å². The second-order valence-corrected chi connectivity index (χ2v) is 8.79. The van der Waals surface area contributed by atoms with Crippen LogP contribution in [0.3, 0.4) is 0 Å². The van der Waals surface area contributed by atoms with Gasteiger partial charge in [-0.2, -0.15) is 0 Å². The molecule has 4 rings (SSSR count). The zero-order valence-electron chi connectivity index (χ0n) is 19.6. The fourth-order valence-corrected chi connectivity index (χ4v) is 4.95. The van der Waals surface area contributed by atoms with Crippen LogP contribution >= 0.6 is 0 Å². The molecule has 0 spiro atoms. The lowest BCUT2D eigenvalue weighted by Gasteiger charge is -2.32. The molecule has 0 bridgehead atoms. The van der Waals surface area contributed by atoms with Gasteiger partial charge in [-0.3, -0.25) is 9.59 Å². The van der Waals surface area contributed by atoms with Crippen LogP contribution in [0.15, 0.2) is 42.6 Å². The monoisotopic (exact) mass is 468 g/mol. The predicted molar refractivity (Wildman–Crippen MR) is 126 cm³/mol. The number of hydrogen-bond acceptors (Lipinski definition) is 3. The number of nitrogens with zero attached hydrogens (tertiary/aromatic N) is 1. The van der Waals surface area contributed by atoms with Crippen LogP contribution < -0.4 is 0 Å². The molecule has 1 saturated heterocycles. The molecule has 1 N–H and O–H groups in total. The molecule has 2 atom stereocenters. The smallest absolute Gasteiger partial charge is 0.310 e. The highest BCUT2D eigenvalue weighted by atomic mass is 19.1. The van der Waals surface area contributed by atoms with E-state index in [-0.39, 0.29) is 29.8 Å². The van der Waals surface area contributed by atoms with E-state index in [0.29, 0.717) is 32.5 Å². The zero-order chi connectivity index (χ0) is 24.2. The lowest BCUT2D eigenvalue weighted by atomic mass is 9.86. The highest BCUT2D eigenvalue weighted by Gasteiger charge is 2.32. The number of benzene rings is 2. The van der Waals surface area contributed by atoms with Gasteiger partial charge in [-0.05, 0) is 48.9 Å². The Morgan fingerprint density at radius 2 is 2.00 bits per heavy atom. The molecule has 180 valence electrons. The second kappa shape index (κ2) is 10.4. The number of para-hydroxylation sites is 1. The van der Waals surface area contributed by atoms with Gasteiger partial charge >= 0.3 is 5.97 Å². The lowest BCUT2D eigenvalue weighted by Crippen LogP contribution is -2.43. The third-order valence-corrected chi connectivity index (χ3v) is 6.70. The molecule has 3 aromatic rings. The quantitative estimate of drug-likeness (QED) is 0.477. The van der Waals surface area contributed by atoms with Gasteiger partial charge in [-0.25, -0.2) is 8.78 Å². The number of H-pyrrole nitrogens is 1. The molecule has 5 nitrogen and oxygen atoms in total. The van der Waals surface area contributed by atoms with Gasteiger partial charge in [0.25, 0.3) is 0 Å². The van der Waals surface area contributed by atoms with Gasteiger partial charge in [-0.1, -0.05) is 31.2 Å². The Balaban J connectivity index is 1.67. The Morgan fingerprint density at radius 1 is 1.18 bits per heavy atom. The molecule has 7 heteroatoms. The number of aromatic nitrogens is 1. The summed E-state index contributed by atoms with van der Waals surface area (Å²) in [6.07, 6.45) is 4.05. The minimum Gasteiger partial charge on any atom is -0.466 e. The molecular formula is C27H30F2N2O3. The number of piperidine rings is 1. The summed E-state index contributed by atoms with van der Waals surface area (Å²) >= 11 is 0. The van der Waals surface area contributed by atoms with Gasteiger partial charge < -0.3 is 14.6 Å². The molecule has 0 aliphatic carbocycles. The van der Waals surface area contributed by atoms with E-state index in [1.165, 1.54) is 12.1 Å². The molecule has 0 unspecified atom stereocenters. The Morgan fingerprint density at radius 3 is 2.74 bits per heavy atom. The number of aromatic amines is 1. The summed E-state index contributed by atoms with van der Waals surface area (Å²) in [6, 6.07) is 9.44. The van der Waals surface area contributed by atoms with Crippen molar-refractivity contribution in [1.82, 2.24) is 9.88 Å². The summed E-state index contributed by atoms with van der Waals surface area (Å²) in [7, 11) is 0. The Bertz CT molecular complexity index is 1190. The third-order valence-electron chi connectivity index (χ3n) is 6.70. The maximum atomic E-state index is 14.9. The molecule has 1 fully saturated rings. The Labute approximate surface area is 198 Å². The summed E-state index contributed by atoms with van der Waals surface area (Å²) in [5, 5.41) is 0.920. The molecule has 0 saturated carbocycles. The number of rotatable bonds is 7. The molecule has 2 aromatic carbocycles. The van der Waals surface area contributed by atoms with Crippen LogP contribution in [-0.2, 0) is 20.7 Å². The van der Waals surface area contributed by atoms with Crippen molar-refractivity contribution in [3.8, 4) is 0 Å². The number of carbonyl (C=O) groups is 2. The van der Waals surface area contributed by atoms with Crippen molar-refractivity contribution >= 4 is 22.8 Å². The molecule has 2 heterocycles. The van der Waals surface area contributed by atoms with Crippen LogP contribution in [0, 0.1) is 17.6 Å². The van der Waals surface area contributed by atoms with Crippen LogP contribution in [-0.4, -0.2) is 41.5 Å². The number of ether oxygens (including phenoxy) is 1. The van der Waals surface area contributed by atoms with Crippen molar-refractivity contribution in [2.45, 2.75) is 45.4 Å². The number of aryl methyl sites for hydroxylation is 1. The number of fused-ring (bicyclic) bond motifs is 1. The van der Waals surface area contributed by atoms with Crippen LogP contribution in [0.4, 0.5) is 8.78 Å². The first-order chi connectivity index (χ1) is 16.4. The average Bonchev–Trinajstić information content (AvgIpc) is 3.27. The first-order valence-corrected chi connectivity index (χ1v) is 11.9. The minimum absolute atomic E-state index is 0.0153. The summed E-state index contributed by atoms with van der Waals surface area (Å²) in [4.78, 5) is 30.6. The standard InChI is InChI=1S/C27H30F2N2O3/c1-3-17-7-5-9-21-23(15-30-26(17)21)22(20-11-10-19(28)13-24(20)29)14-25(32)31-12-6-8-18(16-31)27(33)34-4-2/h5,7,9-11,13,15,18,22,30H,3-4,6,8,12,14,16H2,1-2H3/t18-,22+/m1/s1. The van der Waals surface area contributed by atoms with Crippen LogP contribution in [0.1, 0.15) is 55.7 Å². The number of esters is 1. The fourth-order valence-electron chi connectivity index (χ4n) is 4.95. The van der Waals surface area contributed by atoms with Crippen molar-refractivity contribution in [2.75, 3.05) is 19.7 Å². The average molecular weight is 469 g/mol. The predicted octanol–water partition coefficient (Wildman–Crippen LogP) is 5.33. The van der Waals surface area contributed by atoms with E-state index >= 15 is 0 Å². The number of hydrogen-bond donors (Lipinski definition) is 1. The number of nitrogens with one attached hydrogen (secondary N) is 1. The molecule has 1 aromatic heterocycles. The maximum absolute atomic E-state index is 14.9. The van der Waals surface area contributed by atoms with E-state index in [0.717, 1.165) is 34.5 Å². The van der Waals surface area contributed by atoms with Crippen molar-refractivity contribution < 1.29 is 23.1 Å². The van der Waals surface area contributed by atoms with E-state index < -0.39 is 17.6 Å². The Hall–Kier alpha value is -3.22. The van der Waals surface area contributed by atoms with Crippen molar-refractivity contribution in [2.24, 2.45) is 5.92 Å². The molecule has 1 aliphatic heterocycles. The van der Waals surface area contributed by atoms with Gasteiger partial charge in [0.2, 0.25) is 5.91 Å². The fraction of sp³-hybridized carbons (Fsp3) is 0.407. The zero-order valence-corrected chi connectivity index (χ0v) is 19.6. The molecule has 1 amide bonds. The first-order valence-electron chi connectivity index (χ1n) is 11.9. The van der Waals surface area contributed by atoms with Gasteiger partial charge in [0, 0.05) is 48.6 Å². The molecule has 1 aliphatic rings. The number of halogens is 2. The molecule has 34 heavy (non-hydrogen) atoms. The van der Waals surface area contributed by atoms with Gasteiger partial charge in [0.05, 0.1) is 12.5 Å². The number of likely N-dealkylation sites (tertiary alicyclic amines) is 1. The summed E-state index contributed by atoms with van der Waals surface area (Å²) in [5.41, 5.74) is 3.15. The van der Waals surface area contributed by atoms with Crippen molar-refractivity contribution in [1.29, 1.82) is 0 Å². The van der Waals surface area contributed by atoms with Crippen molar-refractivity contribution in [3.05, 3.63) is 70.9 Å². The SMILES string of the molecule is CCOC(=O)[C@@H]1CCCN(C(=O)C[C@@H](c2ccc(F)cc2F)c2c[nH]c3c(CC)cccc23)C1. The van der Waals surface area contributed by atoms with Gasteiger partial charge in [0.1, 0.15) is 11.6 Å². The van der Waals surface area contributed by atoms with E-state index in [1.54, 1.807) is 11.8 Å². The highest BCUT2D eigenvalue weighted by Crippen LogP contribution is 2.36. The molecule has 0 radical (unpaired) electrons. The lowest BCUT2D eigenvalue weighted by molar-refractivity contribution is -0.151. The van der Waals surface area contributed by atoms with E-state index in [2.05, 4.69) is 11.9 Å². The topological polar surface area (TPSA) is 62.4 Å². The first kappa shape index (κ1) is 23.9. The minimum atomic E-state index is -0.679. The maximum Gasteiger partial charge on any atom is 0.310 e. The van der Waals surface area contributed by atoms with Crippen molar-refractivity contribution in [3.63, 3.8) is 0 Å². The largest absolute Gasteiger partial charge is 0.466 e. The van der Waals surface area contributed by atoms with E-state index in [1.807, 2.05) is 24.4 Å². The summed E-state index contributed by atoms with van der Waals surface area (Å²) < 4.78 is 33.8.